The van der Waals surface area contributed by atoms with E-state index in [1.807, 2.05) is 13.8 Å². The molecule has 2 fully saturated rings. The summed E-state index contributed by atoms with van der Waals surface area (Å²) in [5.74, 6) is -1.16. The molecule has 0 saturated carbocycles. The van der Waals surface area contributed by atoms with Crippen LogP contribution in [-0.2, 0) is 14.3 Å². The quantitative estimate of drug-likeness (QED) is 0.362. The first-order chi connectivity index (χ1) is 16.0. The van der Waals surface area contributed by atoms with E-state index in [1.54, 1.807) is 48.8 Å². The van der Waals surface area contributed by atoms with Gasteiger partial charge >= 0.3 is 0 Å². The first-order valence-electron chi connectivity index (χ1n) is 11.3. The van der Waals surface area contributed by atoms with Crippen molar-refractivity contribution in [1.82, 2.24) is 9.88 Å². The molecule has 1 atom stereocenters. The molecule has 3 heterocycles. The normalized spacial score (nSPS) is 21.1. The highest BCUT2D eigenvalue weighted by Gasteiger charge is 2.44. The number of rotatable bonds is 7. The summed E-state index contributed by atoms with van der Waals surface area (Å²) < 4.78 is 11.1. The van der Waals surface area contributed by atoms with Gasteiger partial charge in [-0.15, -0.1) is 0 Å². The maximum atomic E-state index is 13.5. The zero-order valence-corrected chi connectivity index (χ0v) is 19.0. The van der Waals surface area contributed by atoms with Crippen molar-refractivity contribution in [1.29, 1.82) is 0 Å². The van der Waals surface area contributed by atoms with Crippen molar-refractivity contribution in [3.05, 3.63) is 65.5 Å². The van der Waals surface area contributed by atoms with Crippen LogP contribution in [0.4, 0.5) is 0 Å². The number of pyridine rings is 1. The summed E-state index contributed by atoms with van der Waals surface area (Å²) in [6.45, 7) is 7.99. The number of Topliss-reactive ketones (excluding diaryl/α,β-unsaturated/α-hetero) is 1. The van der Waals surface area contributed by atoms with E-state index in [2.05, 4.69) is 4.98 Å². The van der Waals surface area contributed by atoms with Gasteiger partial charge in [-0.3, -0.25) is 14.6 Å². The predicted octanol–water partition coefficient (Wildman–Crippen LogP) is 0.00790. The molecule has 1 aromatic heterocycles. The van der Waals surface area contributed by atoms with Gasteiger partial charge in [-0.2, -0.15) is 0 Å². The van der Waals surface area contributed by atoms with Crippen LogP contribution in [0.15, 0.2) is 54.4 Å². The lowest BCUT2D eigenvalue weighted by atomic mass is 9.96. The molecule has 0 spiro atoms. The van der Waals surface area contributed by atoms with Crippen LogP contribution in [0, 0.1) is 0 Å². The second-order valence-electron chi connectivity index (χ2n) is 8.56. The standard InChI is InChI=1S/C25H29N3O5/c1-17(2)33-20-5-3-19(4-6-20)23(29)21-22(18-7-9-26-10-8-18)28(25(31)24(21)30)12-11-27-13-15-32-16-14-27/h3-10,17,22,29H,11-16H2,1-2H3/b23-21+. The van der Waals surface area contributed by atoms with Crippen LogP contribution in [0.25, 0.3) is 5.76 Å². The van der Waals surface area contributed by atoms with Gasteiger partial charge in [-0.25, -0.2) is 0 Å². The highest BCUT2D eigenvalue weighted by molar-refractivity contribution is 6.46. The fourth-order valence-corrected chi connectivity index (χ4v) is 4.29. The molecule has 2 saturated heterocycles. The molecule has 2 aliphatic rings. The number of ether oxygens (including phenoxy) is 2. The van der Waals surface area contributed by atoms with Gasteiger partial charge < -0.3 is 24.4 Å². The van der Waals surface area contributed by atoms with E-state index in [1.165, 1.54) is 9.80 Å². The van der Waals surface area contributed by atoms with Gasteiger partial charge in [0.1, 0.15) is 18.8 Å². The molecule has 1 N–H and O–H groups in total. The van der Waals surface area contributed by atoms with E-state index >= 15 is 0 Å². The Morgan fingerprint density at radius 2 is 1.82 bits per heavy atom. The van der Waals surface area contributed by atoms with Gasteiger partial charge in [0.25, 0.3) is 5.91 Å². The molecule has 8 nitrogen and oxygen atoms in total. The van der Waals surface area contributed by atoms with E-state index in [0.717, 1.165) is 13.1 Å². The minimum absolute atomic E-state index is 0.00758. The topological polar surface area (TPSA) is 96.2 Å². The van der Waals surface area contributed by atoms with Gasteiger partial charge in [0, 0.05) is 18.0 Å². The second kappa shape index (κ2) is 10.1. The zero-order valence-electron chi connectivity index (χ0n) is 19.0. The Morgan fingerprint density at radius 3 is 2.45 bits per heavy atom. The van der Waals surface area contributed by atoms with Crippen molar-refractivity contribution in [2.45, 2.75) is 26.0 Å². The van der Waals surface area contributed by atoms with Crippen LogP contribution in [0.1, 0.15) is 31.0 Å². The molecule has 0 aliphatic carbocycles. The number of likely N-dealkylation sites (tertiary alicyclic amines) is 1. The lowest BCUT2D eigenvalue weighted by Gasteiger charge is -2.30. The van der Waals surface area contributed by atoms with Gasteiger partial charge in [0.2, 0.25) is 5.78 Å². The Balaban J connectivity index is 1.67. The van der Waals surface area contributed by atoms with Gasteiger partial charge in [0.05, 0.1) is 38.4 Å². The van der Waals surface area contributed by atoms with Crippen molar-refractivity contribution in [3.63, 3.8) is 0 Å². The number of carbonyl (C=O) groups excluding carboxylic acids is 2. The lowest BCUT2D eigenvalue weighted by molar-refractivity contribution is -0.907. The molecule has 0 bridgehead atoms. The van der Waals surface area contributed by atoms with E-state index in [4.69, 9.17) is 9.47 Å². The Morgan fingerprint density at radius 1 is 1.15 bits per heavy atom. The number of quaternary nitrogens is 1. The largest absolute Gasteiger partial charge is 0.872 e. The van der Waals surface area contributed by atoms with Crippen LogP contribution in [-0.4, -0.2) is 67.1 Å². The number of hydrogen-bond acceptors (Lipinski definition) is 6. The maximum Gasteiger partial charge on any atom is 0.295 e. The maximum absolute atomic E-state index is 13.5. The van der Waals surface area contributed by atoms with E-state index < -0.39 is 23.5 Å². The first-order valence-corrected chi connectivity index (χ1v) is 11.3. The minimum atomic E-state index is -0.735. The molecule has 174 valence electrons. The van der Waals surface area contributed by atoms with Crippen molar-refractivity contribution < 1.29 is 29.1 Å². The van der Waals surface area contributed by atoms with Crippen molar-refractivity contribution in [3.8, 4) is 5.75 Å². The van der Waals surface area contributed by atoms with Gasteiger partial charge in [-0.05, 0) is 49.2 Å². The number of carbonyl (C=O) groups is 2. The molecule has 1 amide bonds. The summed E-state index contributed by atoms with van der Waals surface area (Å²) in [6, 6.07) is 9.44. The van der Waals surface area contributed by atoms with Crippen molar-refractivity contribution >= 4 is 17.4 Å². The summed E-state index contributed by atoms with van der Waals surface area (Å²) >= 11 is 0. The number of nitrogens with one attached hydrogen (secondary N) is 1. The van der Waals surface area contributed by atoms with Gasteiger partial charge in [-0.1, -0.05) is 17.9 Å². The van der Waals surface area contributed by atoms with Crippen LogP contribution in [0.2, 0.25) is 0 Å². The molecule has 33 heavy (non-hydrogen) atoms. The second-order valence-corrected chi connectivity index (χ2v) is 8.56. The third kappa shape index (κ3) is 5.07. The van der Waals surface area contributed by atoms with Gasteiger partial charge in [0.15, 0.2) is 0 Å². The number of benzene rings is 1. The van der Waals surface area contributed by atoms with Crippen LogP contribution < -0.4 is 14.7 Å². The number of aromatic nitrogens is 1. The average Bonchev–Trinajstić information content (AvgIpc) is 3.08. The van der Waals surface area contributed by atoms with Crippen molar-refractivity contribution in [2.75, 3.05) is 39.4 Å². The van der Waals surface area contributed by atoms with Crippen LogP contribution in [0.5, 0.6) is 5.75 Å². The molecule has 8 heteroatoms. The minimum Gasteiger partial charge on any atom is -0.872 e. The van der Waals surface area contributed by atoms with Crippen LogP contribution in [0.3, 0.4) is 0 Å². The summed E-state index contributed by atoms with van der Waals surface area (Å²) in [5.41, 5.74) is 1.03. The third-order valence-corrected chi connectivity index (χ3v) is 5.95. The fraction of sp³-hybridized carbons (Fsp3) is 0.400. The first kappa shape index (κ1) is 22.9. The number of ketones is 1. The molecule has 1 unspecified atom stereocenters. The smallest absolute Gasteiger partial charge is 0.295 e. The fourth-order valence-electron chi connectivity index (χ4n) is 4.29. The Kier molecular flexibility index (Phi) is 7.05. The summed E-state index contributed by atoms with van der Waals surface area (Å²) in [6.07, 6.45) is 3.22. The third-order valence-electron chi connectivity index (χ3n) is 5.95. The van der Waals surface area contributed by atoms with E-state index in [-0.39, 0.29) is 11.7 Å². The molecule has 1 aromatic carbocycles. The summed E-state index contributed by atoms with van der Waals surface area (Å²) in [4.78, 5) is 33.0. The molecule has 2 aliphatic heterocycles. The number of amides is 1. The molecular weight excluding hydrogens is 422 g/mol. The van der Waals surface area contributed by atoms with E-state index in [0.29, 0.717) is 43.2 Å². The number of morpholine rings is 1. The predicted molar refractivity (Wildman–Crippen MR) is 119 cm³/mol. The number of hydrogen-bond donors (Lipinski definition) is 1. The van der Waals surface area contributed by atoms with Crippen molar-refractivity contribution in [2.24, 2.45) is 0 Å². The van der Waals surface area contributed by atoms with Crippen LogP contribution >= 0.6 is 0 Å². The summed E-state index contributed by atoms with van der Waals surface area (Å²) in [7, 11) is 0. The molecule has 2 aromatic rings. The van der Waals surface area contributed by atoms with E-state index in [9.17, 15) is 14.7 Å². The monoisotopic (exact) mass is 451 g/mol. The highest BCUT2D eigenvalue weighted by Crippen LogP contribution is 2.38. The Bertz CT molecular complexity index is 1010. The highest BCUT2D eigenvalue weighted by atomic mass is 16.5. The molecular formula is C25H29N3O5. The Hall–Kier alpha value is -3.23. The molecule has 4 rings (SSSR count). The SMILES string of the molecule is CC(C)Oc1ccc(/C([O-])=C2\C(=O)C(=O)N(CC[NH+]3CCOCC3)C2c2ccncc2)cc1. The lowest BCUT2D eigenvalue weighted by Crippen LogP contribution is -3.14. The Labute approximate surface area is 193 Å². The summed E-state index contributed by atoms with van der Waals surface area (Å²) in [5, 5.41) is 13.5. The average molecular weight is 452 g/mol. The number of nitrogens with zero attached hydrogens (tertiary/aromatic N) is 2. The zero-order chi connectivity index (χ0) is 23.4. The molecule has 0 radical (unpaired) electrons.